The molecule has 1 N–H and O–H groups in total. The summed E-state index contributed by atoms with van der Waals surface area (Å²) in [6.45, 7) is 6.06. The Morgan fingerprint density at radius 1 is 1.19 bits per heavy atom. The first-order valence-corrected chi connectivity index (χ1v) is 11.6. The van der Waals surface area contributed by atoms with Crippen LogP contribution >= 0.6 is 15.9 Å². The summed E-state index contributed by atoms with van der Waals surface area (Å²) in [5.41, 5.74) is 2.93. The molecule has 0 aliphatic carbocycles. The van der Waals surface area contributed by atoms with Crippen LogP contribution in [0, 0.1) is 12.8 Å². The second-order valence-electron chi connectivity index (χ2n) is 8.39. The van der Waals surface area contributed by atoms with Gasteiger partial charge in [0.2, 0.25) is 5.91 Å². The van der Waals surface area contributed by atoms with Gasteiger partial charge in [0.1, 0.15) is 11.9 Å². The number of carbonyl (C=O) groups is 2. The van der Waals surface area contributed by atoms with E-state index in [1.54, 1.807) is 4.90 Å². The second-order valence-corrected chi connectivity index (χ2v) is 9.24. The van der Waals surface area contributed by atoms with Crippen LogP contribution in [0.5, 0.6) is 5.75 Å². The molecule has 2 aliphatic rings. The van der Waals surface area contributed by atoms with Crippen molar-refractivity contribution in [1.82, 2.24) is 10.2 Å². The van der Waals surface area contributed by atoms with Crippen LogP contribution in [0.15, 0.2) is 46.9 Å². The zero-order chi connectivity index (χ0) is 22.0. The fourth-order valence-electron chi connectivity index (χ4n) is 4.23. The van der Waals surface area contributed by atoms with Crippen LogP contribution in [-0.2, 0) is 11.3 Å². The van der Waals surface area contributed by atoms with Crippen LogP contribution in [0.4, 0.5) is 10.5 Å². The maximum absolute atomic E-state index is 13.4. The number of carbonyl (C=O) groups excluding carboxylic acids is 2. The minimum atomic E-state index is -0.198. The summed E-state index contributed by atoms with van der Waals surface area (Å²) in [6, 6.07) is 13.7. The Hall–Kier alpha value is -2.54. The Morgan fingerprint density at radius 2 is 2.00 bits per heavy atom. The minimum absolute atomic E-state index is 0.000145. The van der Waals surface area contributed by atoms with Gasteiger partial charge in [0.05, 0.1) is 18.2 Å². The van der Waals surface area contributed by atoms with Crippen molar-refractivity contribution in [3.8, 4) is 5.75 Å². The van der Waals surface area contributed by atoms with Gasteiger partial charge in [-0.15, -0.1) is 0 Å². The van der Waals surface area contributed by atoms with E-state index in [9.17, 15) is 9.59 Å². The number of hydrogen-bond donors (Lipinski definition) is 1. The molecule has 31 heavy (non-hydrogen) atoms. The third-order valence-corrected chi connectivity index (χ3v) is 6.65. The zero-order valence-electron chi connectivity index (χ0n) is 17.9. The summed E-state index contributed by atoms with van der Waals surface area (Å²) in [5, 5.41) is 3.04. The third kappa shape index (κ3) is 4.87. The number of nitrogens with zero attached hydrogens (tertiary/aromatic N) is 2. The van der Waals surface area contributed by atoms with E-state index >= 15 is 0 Å². The minimum Gasteiger partial charge on any atom is -0.487 e. The lowest BCUT2D eigenvalue weighted by Gasteiger charge is -2.39. The molecule has 0 spiro atoms. The van der Waals surface area contributed by atoms with Gasteiger partial charge in [-0.05, 0) is 56.0 Å². The number of urea groups is 1. The normalized spacial score (nSPS) is 20.6. The summed E-state index contributed by atoms with van der Waals surface area (Å²) < 4.78 is 6.90. The highest BCUT2D eigenvalue weighted by Crippen LogP contribution is 2.35. The number of amides is 3. The predicted molar refractivity (Wildman–Crippen MR) is 124 cm³/mol. The van der Waals surface area contributed by atoms with Gasteiger partial charge >= 0.3 is 6.03 Å². The highest BCUT2D eigenvalue weighted by atomic mass is 79.9. The molecule has 0 bridgehead atoms. The third-order valence-electron chi connectivity index (χ3n) is 5.88. The van der Waals surface area contributed by atoms with E-state index in [4.69, 9.17) is 4.74 Å². The lowest BCUT2D eigenvalue weighted by molar-refractivity contribution is -0.126. The Balaban J connectivity index is 1.43. The number of benzene rings is 2. The molecule has 3 amide bonds. The van der Waals surface area contributed by atoms with Gasteiger partial charge in [-0.2, -0.15) is 0 Å². The van der Waals surface area contributed by atoms with Crippen LogP contribution in [0.3, 0.4) is 0 Å². The Bertz CT molecular complexity index is 980. The molecule has 0 saturated carbocycles. The van der Waals surface area contributed by atoms with E-state index in [1.165, 1.54) is 0 Å². The van der Waals surface area contributed by atoms with Crippen LogP contribution in [0.2, 0.25) is 0 Å². The van der Waals surface area contributed by atoms with Gasteiger partial charge in [0, 0.05) is 24.1 Å². The fraction of sp³-hybridized carbons (Fsp3) is 0.417. The molecule has 0 aromatic heterocycles. The zero-order valence-corrected chi connectivity index (χ0v) is 19.5. The number of fused-ring (bicyclic) bond motifs is 1. The standard InChI is InChI=1S/C24H28BrN3O3/c1-16-9-10-22-21(12-16)28(14-17(2)31-22)24(30)27-11-5-7-19(15-27)23(29)26-13-18-6-3-4-8-20(18)25/h3-4,6,8-10,12,17,19H,5,7,11,13-15H2,1-2H3,(H,26,29)/t17-,19+/m0/s1. The van der Waals surface area contributed by atoms with Crippen molar-refractivity contribution in [2.45, 2.75) is 39.3 Å². The van der Waals surface area contributed by atoms with Crippen LogP contribution in [0.1, 0.15) is 30.9 Å². The first-order valence-electron chi connectivity index (χ1n) is 10.8. The molecule has 2 atom stereocenters. The van der Waals surface area contributed by atoms with Gasteiger partial charge in [-0.3, -0.25) is 9.69 Å². The van der Waals surface area contributed by atoms with E-state index in [1.807, 2.05) is 61.2 Å². The highest BCUT2D eigenvalue weighted by molar-refractivity contribution is 9.10. The lowest BCUT2D eigenvalue weighted by atomic mass is 9.97. The second kappa shape index (κ2) is 9.30. The van der Waals surface area contributed by atoms with Gasteiger partial charge in [-0.25, -0.2) is 4.79 Å². The SMILES string of the molecule is Cc1ccc2c(c1)N(C(=O)N1CCC[C@@H](C(=O)NCc3ccccc3Br)C1)C[C@H](C)O2. The molecular weight excluding hydrogens is 458 g/mol. The first kappa shape index (κ1) is 21.7. The molecule has 164 valence electrons. The maximum Gasteiger partial charge on any atom is 0.324 e. The number of rotatable bonds is 3. The fourth-order valence-corrected chi connectivity index (χ4v) is 4.66. The average molecular weight is 486 g/mol. The maximum atomic E-state index is 13.4. The van der Waals surface area contributed by atoms with Gasteiger partial charge < -0.3 is 15.0 Å². The molecule has 2 aromatic carbocycles. The van der Waals surface area contributed by atoms with Crippen molar-refractivity contribution in [2.24, 2.45) is 5.92 Å². The van der Waals surface area contributed by atoms with Crippen molar-refractivity contribution in [3.63, 3.8) is 0 Å². The summed E-state index contributed by atoms with van der Waals surface area (Å²) in [5.74, 6) is 0.535. The van der Waals surface area contributed by atoms with Crippen LogP contribution in [0.25, 0.3) is 0 Å². The van der Waals surface area contributed by atoms with Crippen molar-refractivity contribution >= 4 is 33.6 Å². The Morgan fingerprint density at radius 3 is 2.81 bits per heavy atom. The monoisotopic (exact) mass is 485 g/mol. The largest absolute Gasteiger partial charge is 0.487 e. The van der Waals surface area contributed by atoms with Crippen molar-refractivity contribution in [3.05, 3.63) is 58.1 Å². The van der Waals surface area contributed by atoms with Crippen LogP contribution in [-0.4, -0.2) is 42.6 Å². The molecule has 1 saturated heterocycles. The van der Waals surface area contributed by atoms with Crippen molar-refractivity contribution in [1.29, 1.82) is 0 Å². The summed E-state index contributed by atoms with van der Waals surface area (Å²) in [7, 11) is 0. The summed E-state index contributed by atoms with van der Waals surface area (Å²) in [4.78, 5) is 29.9. The van der Waals surface area contributed by atoms with Gasteiger partial charge in [0.15, 0.2) is 0 Å². The number of hydrogen-bond acceptors (Lipinski definition) is 3. The molecule has 2 aromatic rings. The van der Waals surface area contributed by atoms with Crippen molar-refractivity contribution in [2.75, 3.05) is 24.5 Å². The lowest BCUT2D eigenvalue weighted by Crippen LogP contribution is -2.53. The van der Waals surface area contributed by atoms with Crippen molar-refractivity contribution < 1.29 is 14.3 Å². The number of ether oxygens (including phenoxy) is 1. The molecule has 6 nitrogen and oxygen atoms in total. The quantitative estimate of drug-likeness (QED) is 0.696. The van der Waals surface area contributed by atoms with Gasteiger partial charge in [-0.1, -0.05) is 40.2 Å². The number of aryl methyl sites for hydroxylation is 1. The topological polar surface area (TPSA) is 61.9 Å². The van der Waals surface area contributed by atoms with Crippen LogP contribution < -0.4 is 15.0 Å². The Labute approximate surface area is 191 Å². The molecule has 2 heterocycles. The molecule has 7 heteroatoms. The molecule has 0 radical (unpaired) electrons. The van der Waals surface area contributed by atoms with E-state index in [-0.39, 0.29) is 24.0 Å². The number of anilines is 1. The molecule has 2 aliphatic heterocycles. The van der Waals surface area contributed by atoms with E-state index in [0.29, 0.717) is 26.2 Å². The molecular formula is C24H28BrN3O3. The number of halogens is 1. The van der Waals surface area contributed by atoms with Gasteiger partial charge in [0.25, 0.3) is 0 Å². The molecule has 4 rings (SSSR count). The first-order chi connectivity index (χ1) is 14.9. The highest BCUT2D eigenvalue weighted by Gasteiger charge is 2.34. The number of piperidine rings is 1. The average Bonchev–Trinajstić information content (AvgIpc) is 2.77. The van der Waals surface area contributed by atoms with E-state index < -0.39 is 0 Å². The number of likely N-dealkylation sites (tertiary alicyclic amines) is 1. The predicted octanol–water partition coefficient (Wildman–Crippen LogP) is 4.49. The summed E-state index contributed by atoms with van der Waals surface area (Å²) in [6.07, 6.45) is 1.53. The molecule has 0 unspecified atom stereocenters. The number of nitrogens with one attached hydrogen (secondary N) is 1. The summed E-state index contributed by atoms with van der Waals surface area (Å²) >= 11 is 3.52. The molecule has 1 fully saturated rings. The Kier molecular flexibility index (Phi) is 6.51. The van der Waals surface area contributed by atoms with E-state index in [0.717, 1.165) is 39.9 Å². The smallest absolute Gasteiger partial charge is 0.324 e. The van der Waals surface area contributed by atoms with E-state index in [2.05, 4.69) is 21.2 Å².